The van der Waals surface area contributed by atoms with E-state index in [1.165, 1.54) is 6.92 Å². The molecule has 0 saturated heterocycles. The van der Waals surface area contributed by atoms with E-state index < -0.39 is 33.6 Å². The number of carbonyl (C=O) groups excluding carboxylic acids is 1. The van der Waals surface area contributed by atoms with Gasteiger partial charge in [0.15, 0.2) is 9.84 Å². The highest BCUT2D eigenvalue weighted by Crippen LogP contribution is 2.34. The van der Waals surface area contributed by atoms with Crippen LogP contribution in [0.3, 0.4) is 0 Å². The van der Waals surface area contributed by atoms with Crippen molar-refractivity contribution in [1.82, 2.24) is 10.6 Å². The standard InChI is InChI=1S/C21H23BrF2N2O4S/c1-12(27)26-19(8-13-6-15(23)10-16(24)7-13)20(28)11-25-18-4-5-31(29,30)21-3-2-14(22)9-17(18)21/h2-3,6-7,9-10,18-20,25,28H,4-5,8,11H2,1H3,(H,26,27). The summed E-state index contributed by atoms with van der Waals surface area (Å²) >= 11 is 3.35. The van der Waals surface area contributed by atoms with Crippen LogP contribution in [0.5, 0.6) is 0 Å². The molecule has 3 rings (SSSR count). The molecule has 3 atom stereocenters. The van der Waals surface area contributed by atoms with Gasteiger partial charge in [0.1, 0.15) is 11.6 Å². The molecule has 2 aromatic rings. The van der Waals surface area contributed by atoms with Gasteiger partial charge in [-0.3, -0.25) is 4.79 Å². The van der Waals surface area contributed by atoms with E-state index in [0.29, 0.717) is 17.5 Å². The highest BCUT2D eigenvalue weighted by atomic mass is 79.9. The zero-order valence-corrected chi connectivity index (χ0v) is 19.1. The highest BCUT2D eigenvalue weighted by molar-refractivity contribution is 9.10. The summed E-state index contributed by atoms with van der Waals surface area (Å²) in [7, 11) is -3.36. The van der Waals surface area contributed by atoms with Crippen molar-refractivity contribution in [3.8, 4) is 0 Å². The van der Waals surface area contributed by atoms with Gasteiger partial charge < -0.3 is 15.7 Å². The number of fused-ring (bicyclic) bond motifs is 1. The fourth-order valence-electron chi connectivity index (χ4n) is 3.76. The molecule has 1 heterocycles. The predicted molar refractivity (Wildman–Crippen MR) is 115 cm³/mol. The second kappa shape index (κ2) is 9.72. The second-order valence-corrected chi connectivity index (χ2v) is 10.6. The van der Waals surface area contributed by atoms with Crippen LogP contribution in [0.25, 0.3) is 0 Å². The number of hydrogen-bond donors (Lipinski definition) is 3. The van der Waals surface area contributed by atoms with E-state index in [4.69, 9.17) is 0 Å². The molecule has 168 valence electrons. The van der Waals surface area contributed by atoms with Crippen molar-refractivity contribution in [2.45, 2.75) is 42.8 Å². The molecule has 10 heteroatoms. The fourth-order valence-corrected chi connectivity index (χ4v) is 5.74. The first-order valence-corrected chi connectivity index (χ1v) is 12.2. The predicted octanol–water partition coefficient (Wildman–Crippen LogP) is 2.64. The number of aliphatic hydroxyl groups is 1. The topological polar surface area (TPSA) is 95.5 Å². The van der Waals surface area contributed by atoms with Crippen LogP contribution in [0, 0.1) is 11.6 Å². The van der Waals surface area contributed by atoms with Crippen molar-refractivity contribution >= 4 is 31.7 Å². The summed E-state index contributed by atoms with van der Waals surface area (Å²) in [6.07, 6.45) is -0.721. The number of amides is 1. The Morgan fingerprint density at radius 3 is 2.55 bits per heavy atom. The summed E-state index contributed by atoms with van der Waals surface area (Å²) < 4.78 is 52.5. The monoisotopic (exact) mass is 516 g/mol. The van der Waals surface area contributed by atoms with Crippen LogP contribution in [-0.2, 0) is 21.1 Å². The first kappa shape index (κ1) is 23.8. The quantitative estimate of drug-likeness (QED) is 0.525. The summed E-state index contributed by atoms with van der Waals surface area (Å²) in [5.41, 5.74) is 0.907. The second-order valence-electron chi connectivity index (χ2n) is 7.61. The molecule has 0 fully saturated rings. The Balaban J connectivity index is 1.74. The van der Waals surface area contributed by atoms with Gasteiger partial charge in [-0.15, -0.1) is 0 Å². The Labute approximate surface area is 188 Å². The molecule has 31 heavy (non-hydrogen) atoms. The van der Waals surface area contributed by atoms with Crippen molar-refractivity contribution < 1.29 is 27.1 Å². The Bertz CT molecular complexity index is 1060. The third-order valence-corrected chi connectivity index (χ3v) is 7.47. The Morgan fingerprint density at radius 2 is 1.90 bits per heavy atom. The molecule has 0 aliphatic carbocycles. The highest BCUT2D eigenvalue weighted by Gasteiger charge is 2.31. The van der Waals surface area contributed by atoms with Crippen LogP contribution in [0.1, 0.15) is 30.5 Å². The van der Waals surface area contributed by atoms with Gasteiger partial charge in [0.25, 0.3) is 0 Å². The molecule has 1 amide bonds. The van der Waals surface area contributed by atoms with Crippen LogP contribution in [0.4, 0.5) is 8.78 Å². The lowest BCUT2D eigenvalue weighted by atomic mass is 9.99. The zero-order chi connectivity index (χ0) is 22.8. The van der Waals surface area contributed by atoms with E-state index >= 15 is 0 Å². The maximum Gasteiger partial charge on any atom is 0.217 e. The molecule has 0 spiro atoms. The van der Waals surface area contributed by atoms with Gasteiger partial charge in [0, 0.05) is 30.0 Å². The van der Waals surface area contributed by atoms with Crippen molar-refractivity contribution in [2.75, 3.05) is 12.3 Å². The van der Waals surface area contributed by atoms with Gasteiger partial charge >= 0.3 is 0 Å². The van der Waals surface area contributed by atoms with Gasteiger partial charge in [-0.2, -0.15) is 0 Å². The molecule has 1 aliphatic heterocycles. The first-order valence-electron chi connectivity index (χ1n) is 9.71. The minimum absolute atomic E-state index is 0.0207. The van der Waals surface area contributed by atoms with Crippen molar-refractivity contribution in [2.24, 2.45) is 0 Å². The fraction of sp³-hybridized carbons (Fsp3) is 0.381. The van der Waals surface area contributed by atoms with Crippen LogP contribution in [0.2, 0.25) is 0 Å². The average Bonchev–Trinajstić information content (AvgIpc) is 2.65. The van der Waals surface area contributed by atoms with E-state index in [1.54, 1.807) is 18.2 Å². The number of aliphatic hydroxyl groups excluding tert-OH is 1. The maximum atomic E-state index is 13.5. The molecule has 1 aliphatic rings. The van der Waals surface area contributed by atoms with Crippen molar-refractivity contribution in [3.63, 3.8) is 0 Å². The minimum atomic E-state index is -3.36. The number of rotatable bonds is 7. The molecule has 0 radical (unpaired) electrons. The summed E-state index contributed by atoms with van der Waals surface area (Å²) in [5, 5.41) is 16.5. The van der Waals surface area contributed by atoms with Gasteiger partial charge in [-0.25, -0.2) is 17.2 Å². The van der Waals surface area contributed by atoms with Crippen LogP contribution < -0.4 is 10.6 Å². The third kappa shape index (κ3) is 6.09. The molecule has 0 aromatic heterocycles. The SMILES string of the molecule is CC(=O)NC(Cc1cc(F)cc(F)c1)C(O)CNC1CCS(=O)(=O)c2ccc(Br)cc21. The molecule has 3 unspecified atom stereocenters. The number of nitrogens with one attached hydrogen (secondary N) is 2. The Hall–Kier alpha value is -1.88. The normalized spacial score (nSPS) is 19.3. The zero-order valence-electron chi connectivity index (χ0n) is 16.7. The average molecular weight is 517 g/mol. The molecule has 0 saturated carbocycles. The van der Waals surface area contributed by atoms with E-state index in [-0.39, 0.29) is 35.6 Å². The van der Waals surface area contributed by atoms with E-state index in [2.05, 4.69) is 26.6 Å². The molecule has 2 aromatic carbocycles. The first-order chi connectivity index (χ1) is 14.5. The van der Waals surface area contributed by atoms with E-state index in [9.17, 15) is 27.1 Å². The van der Waals surface area contributed by atoms with Crippen LogP contribution in [-0.4, -0.2) is 43.9 Å². The Morgan fingerprint density at radius 1 is 1.23 bits per heavy atom. The molecular weight excluding hydrogens is 494 g/mol. The minimum Gasteiger partial charge on any atom is -0.390 e. The molecule has 0 bridgehead atoms. The van der Waals surface area contributed by atoms with Gasteiger partial charge in [0.2, 0.25) is 5.91 Å². The van der Waals surface area contributed by atoms with Crippen molar-refractivity contribution in [3.05, 3.63) is 63.6 Å². The van der Waals surface area contributed by atoms with Gasteiger partial charge in [-0.1, -0.05) is 15.9 Å². The summed E-state index contributed by atoms with van der Waals surface area (Å²) in [4.78, 5) is 11.9. The summed E-state index contributed by atoms with van der Waals surface area (Å²) in [6.45, 7) is 1.33. The number of hydrogen-bond acceptors (Lipinski definition) is 5. The van der Waals surface area contributed by atoms with E-state index in [1.807, 2.05) is 0 Å². The van der Waals surface area contributed by atoms with Crippen LogP contribution >= 0.6 is 15.9 Å². The van der Waals surface area contributed by atoms with Crippen molar-refractivity contribution in [1.29, 1.82) is 0 Å². The van der Waals surface area contributed by atoms with Gasteiger partial charge in [0.05, 0.1) is 22.8 Å². The number of carbonyl (C=O) groups is 1. The molecular formula is C21H23BrF2N2O4S. The lowest BCUT2D eigenvalue weighted by molar-refractivity contribution is -0.120. The molecule has 6 nitrogen and oxygen atoms in total. The third-order valence-electron chi connectivity index (χ3n) is 5.16. The summed E-state index contributed by atoms with van der Waals surface area (Å²) in [6, 6.07) is 6.90. The molecule has 3 N–H and O–H groups in total. The Kier molecular flexibility index (Phi) is 7.46. The maximum absolute atomic E-state index is 13.5. The largest absolute Gasteiger partial charge is 0.390 e. The lowest BCUT2D eigenvalue weighted by Crippen LogP contribution is -2.49. The van der Waals surface area contributed by atoms with E-state index in [0.717, 1.165) is 22.7 Å². The number of halogens is 3. The van der Waals surface area contributed by atoms with Crippen LogP contribution in [0.15, 0.2) is 45.8 Å². The van der Waals surface area contributed by atoms with Gasteiger partial charge in [-0.05, 0) is 54.3 Å². The summed E-state index contributed by atoms with van der Waals surface area (Å²) in [5.74, 6) is -1.89. The smallest absolute Gasteiger partial charge is 0.217 e. The number of benzene rings is 2. The number of sulfone groups is 1. The lowest BCUT2D eigenvalue weighted by Gasteiger charge is -2.30.